The molecule has 0 amide bonds. The van der Waals surface area contributed by atoms with Crippen LogP contribution in [0, 0.1) is 5.92 Å². The fourth-order valence-electron chi connectivity index (χ4n) is 1.15. The summed E-state index contributed by atoms with van der Waals surface area (Å²) >= 11 is 1.99. The molecular weight excluding hydrogens is 176 g/mol. The molecule has 0 aliphatic rings. The zero-order chi connectivity index (χ0) is 10.4. The summed E-state index contributed by atoms with van der Waals surface area (Å²) in [6, 6.07) is 0. The van der Waals surface area contributed by atoms with Crippen molar-refractivity contribution in [3.05, 3.63) is 24.8 Å². The minimum Gasteiger partial charge on any atom is -0.151 e. The van der Waals surface area contributed by atoms with Crippen molar-refractivity contribution in [2.75, 3.05) is 0 Å². The minimum absolute atomic E-state index is 0.553. The van der Waals surface area contributed by atoms with Crippen LogP contribution in [0.5, 0.6) is 0 Å². The number of thioether (sulfide) groups is 1. The summed E-state index contributed by atoms with van der Waals surface area (Å²) in [5.74, 6) is 0.580. The maximum absolute atomic E-state index is 4.16. The van der Waals surface area contributed by atoms with Gasteiger partial charge in [0.2, 0.25) is 0 Å². The molecule has 0 nitrogen and oxygen atoms in total. The van der Waals surface area contributed by atoms with Gasteiger partial charge in [-0.25, -0.2) is 0 Å². The maximum Gasteiger partial charge on any atom is 0.0293 e. The van der Waals surface area contributed by atoms with Crippen molar-refractivity contribution in [1.82, 2.24) is 0 Å². The summed E-state index contributed by atoms with van der Waals surface area (Å²) < 4.78 is 0. The van der Waals surface area contributed by atoms with Crippen LogP contribution < -0.4 is 0 Å². The minimum atomic E-state index is 0.553. The van der Waals surface area contributed by atoms with Crippen LogP contribution in [0.1, 0.15) is 34.1 Å². The molecular formula is C12H22S. The first-order valence-electron chi connectivity index (χ1n) is 4.94. The van der Waals surface area contributed by atoms with Gasteiger partial charge < -0.3 is 0 Å². The third kappa shape index (κ3) is 5.20. The Morgan fingerprint density at radius 1 is 1.31 bits per heavy atom. The lowest BCUT2D eigenvalue weighted by atomic mass is 10.00. The molecule has 0 aliphatic heterocycles. The van der Waals surface area contributed by atoms with E-state index in [0.29, 0.717) is 16.4 Å². The van der Waals surface area contributed by atoms with Crippen LogP contribution >= 0.6 is 11.8 Å². The van der Waals surface area contributed by atoms with E-state index in [9.17, 15) is 0 Å². The van der Waals surface area contributed by atoms with Crippen molar-refractivity contribution < 1.29 is 0 Å². The molecule has 0 aromatic rings. The average Bonchev–Trinajstić information content (AvgIpc) is 2.01. The third-order valence-corrected chi connectivity index (χ3v) is 3.34. The molecule has 0 aromatic carbocycles. The highest BCUT2D eigenvalue weighted by Crippen LogP contribution is 2.29. The average molecular weight is 198 g/mol. The fraction of sp³-hybridized carbons (Fsp3) is 0.667. The Labute approximate surface area is 87.5 Å². The molecule has 0 N–H and O–H groups in total. The topological polar surface area (TPSA) is 0 Å². The molecule has 1 heteroatoms. The lowest BCUT2D eigenvalue weighted by Crippen LogP contribution is -2.12. The molecule has 0 heterocycles. The molecule has 0 rings (SSSR count). The van der Waals surface area contributed by atoms with E-state index in [1.807, 2.05) is 17.8 Å². The predicted octanol–water partition coefficient (Wildman–Crippen LogP) is 4.28. The second-order valence-electron chi connectivity index (χ2n) is 3.93. The summed E-state index contributed by atoms with van der Waals surface area (Å²) in [6.07, 6.45) is 3.04. The Bertz CT molecular complexity index is 168. The van der Waals surface area contributed by atoms with Gasteiger partial charge in [0.05, 0.1) is 0 Å². The monoisotopic (exact) mass is 198 g/mol. The zero-order valence-electron chi connectivity index (χ0n) is 9.34. The lowest BCUT2D eigenvalue weighted by Gasteiger charge is -2.22. The maximum atomic E-state index is 4.16. The SMILES string of the molecule is C=CCC(SC(C)C)C(=C)C(C)C. The summed E-state index contributed by atoms with van der Waals surface area (Å²) in [5.41, 5.74) is 1.35. The van der Waals surface area contributed by atoms with E-state index < -0.39 is 0 Å². The molecule has 0 bridgehead atoms. The van der Waals surface area contributed by atoms with E-state index in [1.54, 1.807) is 0 Å². The molecule has 0 radical (unpaired) electrons. The predicted molar refractivity (Wildman–Crippen MR) is 65.3 cm³/mol. The first kappa shape index (κ1) is 12.8. The van der Waals surface area contributed by atoms with E-state index in [2.05, 4.69) is 40.9 Å². The van der Waals surface area contributed by atoms with Crippen LogP contribution in [-0.2, 0) is 0 Å². The van der Waals surface area contributed by atoms with Crippen LogP contribution in [0.4, 0.5) is 0 Å². The standard InChI is InChI=1S/C12H22S/c1-7-8-12(13-10(4)5)11(6)9(2)3/h7,9-10,12H,1,6,8H2,2-5H3. The molecule has 0 aliphatic carbocycles. The molecule has 13 heavy (non-hydrogen) atoms. The van der Waals surface area contributed by atoms with Gasteiger partial charge in [0.25, 0.3) is 0 Å². The van der Waals surface area contributed by atoms with Crippen molar-refractivity contribution in [3.63, 3.8) is 0 Å². The largest absolute Gasteiger partial charge is 0.151 e. The normalized spacial score (nSPS) is 13.4. The van der Waals surface area contributed by atoms with Crippen LogP contribution in [-0.4, -0.2) is 10.5 Å². The molecule has 0 fully saturated rings. The summed E-state index contributed by atoms with van der Waals surface area (Å²) in [7, 11) is 0. The summed E-state index contributed by atoms with van der Waals surface area (Å²) in [6.45, 7) is 16.8. The fourth-order valence-corrected chi connectivity index (χ4v) is 2.50. The second-order valence-corrected chi connectivity index (χ2v) is 5.71. The first-order chi connectivity index (χ1) is 5.99. The summed E-state index contributed by atoms with van der Waals surface area (Å²) in [5, 5.41) is 1.22. The van der Waals surface area contributed by atoms with E-state index in [-0.39, 0.29) is 0 Å². The molecule has 76 valence electrons. The summed E-state index contributed by atoms with van der Waals surface area (Å²) in [4.78, 5) is 0. The number of rotatable bonds is 6. The smallest absolute Gasteiger partial charge is 0.0293 e. The zero-order valence-corrected chi connectivity index (χ0v) is 10.2. The lowest BCUT2D eigenvalue weighted by molar-refractivity contribution is 0.726. The van der Waals surface area contributed by atoms with Crippen molar-refractivity contribution in [2.24, 2.45) is 5.92 Å². The van der Waals surface area contributed by atoms with Gasteiger partial charge in [-0.2, -0.15) is 11.8 Å². The van der Waals surface area contributed by atoms with Crippen LogP contribution in [0.3, 0.4) is 0 Å². The molecule has 1 unspecified atom stereocenters. The Hall–Kier alpha value is -0.170. The molecule has 0 aromatic heterocycles. The molecule has 1 atom stereocenters. The second kappa shape index (κ2) is 6.31. The van der Waals surface area contributed by atoms with Gasteiger partial charge in [0.15, 0.2) is 0 Å². The first-order valence-corrected chi connectivity index (χ1v) is 5.88. The highest BCUT2D eigenvalue weighted by atomic mass is 32.2. The van der Waals surface area contributed by atoms with Crippen molar-refractivity contribution >= 4 is 11.8 Å². The van der Waals surface area contributed by atoms with Crippen molar-refractivity contribution in [3.8, 4) is 0 Å². The van der Waals surface area contributed by atoms with Gasteiger partial charge in [-0.1, -0.05) is 45.9 Å². The quantitative estimate of drug-likeness (QED) is 0.574. The van der Waals surface area contributed by atoms with Gasteiger partial charge in [-0.3, -0.25) is 0 Å². The van der Waals surface area contributed by atoms with E-state index >= 15 is 0 Å². The Balaban J connectivity index is 4.23. The van der Waals surface area contributed by atoms with Gasteiger partial charge in [-0.15, -0.1) is 6.58 Å². The number of hydrogen-bond acceptors (Lipinski definition) is 1. The van der Waals surface area contributed by atoms with Crippen LogP contribution in [0.25, 0.3) is 0 Å². The number of allylic oxidation sites excluding steroid dienone is 1. The van der Waals surface area contributed by atoms with Gasteiger partial charge in [0.1, 0.15) is 0 Å². The van der Waals surface area contributed by atoms with Crippen LogP contribution in [0.15, 0.2) is 24.8 Å². The van der Waals surface area contributed by atoms with Crippen molar-refractivity contribution in [2.45, 2.75) is 44.6 Å². The van der Waals surface area contributed by atoms with Gasteiger partial charge in [-0.05, 0) is 17.6 Å². The highest BCUT2D eigenvalue weighted by molar-refractivity contribution is 8.00. The Morgan fingerprint density at radius 3 is 2.15 bits per heavy atom. The number of hydrogen-bond donors (Lipinski definition) is 0. The highest BCUT2D eigenvalue weighted by Gasteiger charge is 2.15. The molecule has 0 spiro atoms. The molecule has 0 saturated heterocycles. The molecule has 0 saturated carbocycles. The van der Waals surface area contributed by atoms with Crippen LogP contribution in [0.2, 0.25) is 0 Å². The van der Waals surface area contributed by atoms with Gasteiger partial charge >= 0.3 is 0 Å². The van der Waals surface area contributed by atoms with E-state index in [4.69, 9.17) is 0 Å². The Kier molecular flexibility index (Phi) is 6.23. The van der Waals surface area contributed by atoms with E-state index in [0.717, 1.165) is 6.42 Å². The third-order valence-electron chi connectivity index (χ3n) is 1.97. The van der Waals surface area contributed by atoms with Crippen molar-refractivity contribution in [1.29, 1.82) is 0 Å². The van der Waals surface area contributed by atoms with Gasteiger partial charge in [0, 0.05) is 5.25 Å². The van der Waals surface area contributed by atoms with E-state index in [1.165, 1.54) is 5.57 Å². The Morgan fingerprint density at radius 2 is 1.85 bits per heavy atom.